The number of halogens is 1. The summed E-state index contributed by atoms with van der Waals surface area (Å²) in [6.45, 7) is 0.461. The van der Waals surface area contributed by atoms with Gasteiger partial charge in [0.1, 0.15) is 17.2 Å². The molecule has 2 aromatic carbocycles. The third kappa shape index (κ3) is 4.69. The van der Waals surface area contributed by atoms with Crippen LogP contribution in [0.3, 0.4) is 0 Å². The second kappa shape index (κ2) is 9.05. The molecule has 8 heteroatoms. The summed E-state index contributed by atoms with van der Waals surface area (Å²) >= 11 is 6.09. The summed E-state index contributed by atoms with van der Waals surface area (Å²) in [5.74, 6) is 1.26. The van der Waals surface area contributed by atoms with Gasteiger partial charge in [-0.2, -0.15) is 0 Å². The maximum Gasteiger partial charge on any atom is 0.274 e. The topological polar surface area (TPSA) is 85.4 Å². The standard InChI is InChI=1S/C20H19ClN4O3/c1-27-17-6-4-3-5-13(17)12-23-20-22-10-9-16(25-20)19(26)24-14-7-8-18(28-2)15(21)11-14/h3-11H,12H2,1-2H3,(H,24,26)(H,22,23,25). The van der Waals surface area contributed by atoms with Crippen LogP contribution < -0.4 is 20.1 Å². The van der Waals surface area contributed by atoms with Crippen LogP contribution in [0.1, 0.15) is 16.1 Å². The zero-order valence-corrected chi connectivity index (χ0v) is 16.2. The number of methoxy groups -OCH3 is 2. The number of hydrogen-bond acceptors (Lipinski definition) is 6. The largest absolute Gasteiger partial charge is 0.496 e. The number of aromatic nitrogens is 2. The molecule has 0 atom stereocenters. The SMILES string of the molecule is COc1ccc(NC(=O)c2ccnc(NCc3ccccc3OC)n2)cc1Cl. The Morgan fingerprint density at radius 1 is 1.07 bits per heavy atom. The third-order valence-corrected chi connectivity index (χ3v) is 4.22. The molecule has 0 saturated heterocycles. The fourth-order valence-electron chi connectivity index (χ4n) is 2.53. The van der Waals surface area contributed by atoms with Gasteiger partial charge in [0.05, 0.1) is 19.2 Å². The molecule has 0 radical (unpaired) electrons. The molecule has 0 unspecified atom stereocenters. The van der Waals surface area contributed by atoms with Gasteiger partial charge in [0, 0.05) is 24.0 Å². The van der Waals surface area contributed by atoms with Crippen molar-refractivity contribution < 1.29 is 14.3 Å². The number of carbonyl (C=O) groups excluding carboxylic acids is 1. The summed E-state index contributed by atoms with van der Waals surface area (Å²) in [7, 11) is 3.14. The van der Waals surface area contributed by atoms with Crippen molar-refractivity contribution in [2.75, 3.05) is 24.9 Å². The van der Waals surface area contributed by atoms with E-state index < -0.39 is 0 Å². The summed E-state index contributed by atoms with van der Waals surface area (Å²) in [5.41, 5.74) is 1.72. The van der Waals surface area contributed by atoms with Crippen molar-refractivity contribution in [2.24, 2.45) is 0 Å². The summed E-state index contributed by atoms with van der Waals surface area (Å²) in [6.07, 6.45) is 1.52. The second-order valence-corrected chi connectivity index (χ2v) is 6.14. The fraction of sp³-hybridized carbons (Fsp3) is 0.150. The van der Waals surface area contributed by atoms with Crippen LogP contribution in [0.25, 0.3) is 0 Å². The Morgan fingerprint density at radius 2 is 1.86 bits per heavy atom. The van der Waals surface area contributed by atoms with E-state index in [-0.39, 0.29) is 11.6 Å². The summed E-state index contributed by atoms with van der Waals surface area (Å²) in [4.78, 5) is 20.9. The molecule has 1 heterocycles. The van der Waals surface area contributed by atoms with Gasteiger partial charge >= 0.3 is 0 Å². The van der Waals surface area contributed by atoms with E-state index in [0.29, 0.717) is 29.0 Å². The number of hydrogen-bond donors (Lipinski definition) is 2. The van der Waals surface area contributed by atoms with Gasteiger partial charge in [-0.1, -0.05) is 29.8 Å². The first-order chi connectivity index (χ1) is 13.6. The van der Waals surface area contributed by atoms with Crippen molar-refractivity contribution in [3.05, 3.63) is 71.0 Å². The summed E-state index contributed by atoms with van der Waals surface area (Å²) in [5, 5.41) is 6.26. The monoisotopic (exact) mass is 398 g/mol. The van der Waals surface area contributed by atoms with E-state index in [1.165, 1.54) is 19.4 Å². The van der Waals surface area contributed by atoms with E-state index in [2.05, 4.69) is 20.6 Å². The van der Waals surface area contributed by atoms with E-state index in [9.17, 15) is 4.79 Å². The van der Waals surface area contributed by atoms with Gasteiger partial charge < -0.3 is 20.1 Å². The second-order valence-electron chi connectivity index (χ2n) is 5.73. The first kappa shape index (κ1) is 19.4. The molecular weight excluding hydrogens is 380 g/mol. The van der Waals surface area contributed by atoms with Crippen molar-refractivity contribution in [3.63, 3.8) is 0 Å². The van der Waals surface area contributed by atoms with Crippen LogP contribution in [0.4, 0.5) is 11.6 Å². The van der Waals surface area contributed by atoms with Crippen LogP contribution in [-0.4, -0.2) is 30.1 Å². The average molecular weight is 399 g/mol. The van der Waals surface area contributed by atoms with E-state index in [4.69, 9.17) is 21.1 Å². The Bertz CT molecular complexity index is 981. The van der Waals surface area contributed by atoms with Crippen molar-refractivity contribution in [1.29, 1.82) is 0 Å². The lowest BCUT2D eigenvalue weighted by molar-refractivity contribution is 0.102. The molecule has 0 aliphatic carbocycles. The van der Waals surface area contributed by atoms with Crippen LogP contribution in [0.2, 0.25) is 5.02 Å². The number of amides is 1. The quantitative estimate of drug-likeness (QED) is 0.625. The molecule has 2 N–H and O–H groups in total. The van der Waals surface area contributed by atoms with E-state index in [1.54, 1.807) is 25.3 Å². The fourth-order valence-corrected chi connectivity index (χ4v) is 2.79. The normalized spacial score (nSPS) is 10.2. The number of nitrogens with one attached hydrogen (secondary N) is 2. The molecule has 7 nitrogen and oxygen atoms in total. The van der Waals surface area contributed by atoms with Gasteiger partial charge in [0.2, 0.25) is 5.95 Å². The molecule has 1 aromatic heterocycles. The lowest BCUT2D eigenvalue weighted by Crippen LogP contribution is -2.15. The Balaban J connectivity index is 1.68. The lowest BCUT2D eigenvalue weighted by atomic mass is 10.2. The molecule has 1 amide bonds. The Labute approximate surface area is 167 Å². The summed E-state index contributed by atoms with van der Waals surface area (Å²) < 4.78 is 10.4. The van der Waals surface area contributed by atoms with Crippen LogP contribution in [0, 0.1) is 0 Å². The number of benzene rings is 2. The first-order valence-electron chi connectivity index (χ1n) is 8.44. The molecule has 3 aromatic rings. The third-order valence-electron chi connectivity index (χ3n) is 3.93. The average Bonchev–Trinajstić information content (AvgIpc) is 2.73. The number of nitrogens with zero attached hydrogens (tertiary/aromatic N) is 2. The van der Waals surface area contributed by atoms with E-state index in [0.717, 1.165) is 11.3 Å². The number of para-hydroxylation sites is 1. The molecule has 0 fully saturated rings. The van der Waals surface area contributed by atoms with Gasteiger partial charge in [-0.05, 0) is 30.3 Å². The minimum absolute atomic E-state index is 0.226. The van der Waals surface area contributed by atoms with Crippen LogP contribution >= 0.6 is 11.6 Å². The van der Waals surface area contributed by atoms with Crippen molar-refractivity contribution in [2.45, 2.75) is 6.54 Å². The van der Waals surface area contributed by atoms with Gasteiger partial charge in [-0.25, -0.2) is 9.97 Å². The summed E-state index contributed by atoms with van der Waals surface area (Å²) in [6, 6.07) is 14.2. The lowest BCUT2D eigenvalue weighted by Gasteiger charge is -2.10. The molecule has 0 saturated carbocycles. The minimum atomic E-state index is -0.371. The Morgan fingerprint density at radius 3 is 2.61 bits per heavy atom. The van der Waals surface area contributed by atoms with Crippen LogP contribution in [0.5, 0.6) is 11.5 Å². The maximum absolute atomic E-state index is 12.5. The van der Waals surface area contributed by atoms with Gasteiger partial charge in [0.15, 0.2) is 0 Å². The van der Waals surface area contributed by atoms with E-state index in [1.807, 2.05) is 24.3 Å². The highest BCUT2D eigenvalue weighted by atomic mass is 35.5. The smallest absolute Gasteiger partial charge is 0.274 e. The molecule has 0 bridgehead atoms. The molecule has 3 rings (SSSR count). The maximum atomic E-state index is 12.5. The first-order valence-corrected chi connectivity index (χ1v) is 8.82. The Kier molecular flexibility index (Phi) is 6.29. The molecular formula is C20H19ClN4O3. The molecule has 0 spiro atoms. The predicted molar refractivity (Wildman–Crippen MR) is 108 cm³/mol. The highest BCUT2D eigenvalue weighted by Gasteiger charge is 2.11. The number of rotatable bonds is 7. The zero-order chi connectivity index (χ0) is 19.9. The minimum Gasteiger partial charge on any atom is -0.496 e. The van der Waals surface area contributed by atoms with Crippen molar-refractivity contribution in [1.82, 2.24) is 9.97 Å². The predicted octanol–water partition coefficient (Wildman–Crippen LogP) is 4.01. The molecule has 0 aliphatic rings. The molecule has 0 aliphatic heterocycles. The van der Waals surface area contributed by atoms with Crippen LogP contribution in [0.15, 0.2) is 54.7 Å². The van der Waals surface area contributed by atoms with Crippen molar-refractivity contribution >= 4 is 29.1 Å². The van der Waals surface area contributed by atoms with Crippen molar-refractivity contribution in [3.8, 4) is 11.5 Å². The molecule has 144 valence electrons. The van der Waals surface area contributed by atoms with Crippen LogP contribution in [-0.2, 0) is 6.54 Å². The number of anilines is 2. The van der Waals surface area contributed by atoms with Gasteiger partial charge in [-0.15, -0.1) is 0 Å². The Hall–Kier alpha value is -3.32. The van der Waals surface area contributed by atoms with E-state index >= 15 is 0 Å². The zero-order valence-electron chi connectivity index (χ0n) is 15.4. The number of carbonyl (C=O) groups is 1. The van der Waals surface area contributed by atoms with Gasteiger partial charge in [-0.3, -0.25) is 4.79 Å². The van der Waals surface area contributed by atoms with Gasteiger partial charge in [0.25, 0.3) is 5.91 Å². The molecule has 28 heavy (non-hydrogen) atoms. The highest BCUT2D eigenvalue weighted by molar-refractivity contribution is 6.32. The highest BCUT2D eigenvalue weighted by Crippen LogP contribution is 2.27. The number of ether oxygens (including phenoxy) is 2.